The third-order valence-electron chi connectivity index (χ3n) is 5.51. The number of rotatable bonds is 10. The van der Waals surface area contributed by atoms with Crippen molar-refractivity contribution in [3.05, 3.63) is 96.1 Å². The van der Waals surface area contributed by atoms with E-state index in [1.54, 1.807) is 33.1 Å². The number of aromatic nitrogens is 3. The molecule has 1 atom stereocenters. The first-order valence-electron chi connectivity index (χ1n) is 11.6. The summed E-state index contributed by atoms with van der Waals surface area (Å²) in [7, 11) is 1.62. The number of hydrogen-bond acceptors (Lipinski definition) is 7. The number of thioether (sulfide) groups is 1. The summed E-state index contributed by atoms with van der Waals surface area (Å²) in [6, 6.07) is 23.3. The number of halogens is 1. The predicted molar refractivity (Wildman–Crippen MR) is 144 cm³/mol. The number of ether oxygens (including phenoxy) is 1. The van der Waals surface area contributed by atoms with E-state index in [1.807, 2.05) is 59.2 Å². The highest BCUT2D eigenvalue weighted by atomic mass is 32.2. The van der Waals surface area contributed by atoms with Crippen molar-refractivity contribution in [2.45, 2.75) is 30.8 Å². The Morgan fingerprint density at radius 2 is 1.76 bits per heavy atom. The van der Waals surface area contributed by atoms with Crippen molar-refractivity contribution in [2.24, 2.45) is 5.10 Å². The molecule has 0 aliphatic carbocycles. The molecule has 0 fully saturated rings. The van der Waals surface area contributed by atoms with E-state index in [1.165, 1.54) is 23.9 Å². The van der Waals surface area contributed by atoms with Crippen molar-refractivity contribution in [2.75, 3.05) is 12.4 Å². The molecule has 2 N–H and O–H groups in total. The van der Waals surface area contributed by atoms with Crippen molar-refractivity contribution in [3.8, 4) is 11.4 Å². The molecule has 8 nitrogen and oxygen atoms in total. The second kappa shape index (κ2) is 12.2. The van der Waals surface area contributed by atoms with Crippen molar-refractivity contribution in [3.63, 3.8) is 0 Å². The normalized spacial score (nSPS) is 12.2. The van der Waals surface area contributed by atoms with Crippen LogP contribution >= 0.6 is 11.8 Å². The monoisotopic (exact) mass is 518 g/mol. The molecule has 0 unspecified atom stereocenters. The van der Waals surface area contributed by atoms with Gasteiger partial charge in [0, 0.05) is 5.69 Å². The first kappa shape index (κ1) is 25.9. The number of carbonyl (C=O) groups excluding carboxylic acids is 1. The number of amides is 1. The number of hydrazone groups is 1. The van der Waals surface area contributed by atoms with E-state index >= 15 is 0 Å². The fourth-order valence-electron chi connectivity index (χ4n) is 3.49. The highest BCUT2D eigenvalue weighted by molar-refractivity contribution is 8.00. The van der Waals surface area contributed by atoms with Gasteiger partial charge in [-0.25, -0.2) is 9.82 Å². The highest BCUT2D eigenvalue weighted by Crippen LogP contribution is 2.28. The predicted octanol–water partition coefficient (Wildman–Crippen LogP) is 5.05. The summed E-state index contributed by atoms with van der Waals surface area (Å²) in [6.07, 6.45) is 0. The summed E-state index contributed by atoms with van der Waals surface area (Å²) in [5.41, 5.74) is 5.60. The van der Waals surface area contributed by atoms with Crippen LogP contribution in [0.25, 0.3) is 5.69 Å². The van der Waals surface area contributed by atoms with Crippen LogP contribution in [0.5, 0.6) is 5.75 Å². The quantitative estimate of drug-likeness (QED) is 0.173. The molecule has 0 radical (unpaired) electrons. The summed E-state index contributed by atoms with van der Waals surface area (Å²) in [6.45, 7) is 3.92. The molecule has 0 spiro atoms. The number of carbonyl (C=O) groups is 1. The van der Waals surface area contributed by atoms with E-state index in [-0.39, 0.29) is 11.7 Å². The van der Waals surface area contributed by atoms with Gasteiger partial charge in [0.05, 0.1) is 30.3 Å². The number of benzene rings is 3. The van der Waals surface area contributed by atoms with Crippen molar-refractivity contribution in [1.29, 1.82) is 0 Å². The molecule has 0 saturated carbocycles. The number of nitrogens with one attached hydrogen (secondary N) is 2. The Morgan fingerprint density at radius 1 is 1.05 bits per heavy atom. The maximum Gasteiger partial charge on any atom is 0.253 e. The van der Waals surface area contributed by atoms with Gasteiger partial charge in [0.15, 0.2) is 11.0 Å². The van der Waals surface area contributed by atoms with Gasteiger partial charge < -0.3 is 10.1 Å². The topological polar surface area (TPSA) is 93.4 Å². The van der Waals surface area contributed by atoms with Gasteiger partial charge in [-0.3, -0.25) is 9.36 Å². The van der Waals surface area contributed by atoms with Gasteiger partial charge in [-0.15, -0.1) is 10.2 Å². The number of methoxy groups -OCH3 is 1. The van der Waals surface area contributed by atoms with Crippen LogP contribution in [-0.4, -0.2) is 38.7 Å². The average Bonchev–Trinajstić information content (AvgIpc) is 3.33. The van der Waals surface area contributed by atoms with Crippen LogP contribution in [0.3, 0.4) is 0 Å². The number of para-hydroxylation sites is 3. The van der Waals surface area contributed by atoms with Crippen molar-refractivity contribution < 1.29 is 13.9 Å². The lowest BCUT2D eigenvalue weighted by Crippen LogP contribution is -2.28. The Labute approximate surface area is 219 Å². The Balaban J connectivity index is 1.50. The standard InChI is InChI=1S/C27H27FN6O2S/c1-18(20-13-15-21(28)16-14-20)30-32-26(35)19(2)37-27-33-31-25(34(27)22-9-5-4-6-10-22)17-29-23-11-7-8-12-24(23)36-3/h4-16,19,29H,17H2,1-3H3,(H,32,35)/t19-/m1/s1. The molecule has 0 saturated heterocycles. The van der Waals surface area contributed by atoms with E-state index < -0.39 is 5.25 Å². The Morgan fingerprint density at radius 3 is 2.49 bits per heavy atom. The zero-order chi connectivity index (χ0) is 26.2. The highest BCUT2D eigenvalue weighted by Gasteiger charge is 2.21. The minimum Gasteiger partial charge on any atom is -0.495 e. The molecular formula is C27H27FN6O2S. The summed E-state index contributed by atoms with van der Waals surface area (Å²) >= 11 is 1.28. The molecular weight excluding hydrogens is 491 g/mol. The second-order valence-corrected chi connectivity index (χ2v) is 9.37. The third kappa shape index (κ3) is 6.53. The molecule has 37 heavy (non-hydrogen) atoms. The van der Waals surface area contributed by atoms with Gasteiger partial charge in [0.2, 0.25) is 0 Å². The molecule has 0 aliphatic rings. The Kier molecular flexibility index (Phi) is 8.52. The van der Waals surface area contributed by atoms with Crippen LogP contribution in [0.15, 0.2) is 89.1 Å². The second-order valence-electron chi connectivity index (χ2n) is 8.06. The molecule has 1 heterocycles. The van der Waals surface area contributed by atoms with E-state index in [0.29, 0.717) is 23.2 Å². The molecule has 1 amide bonds. The maximum atomic E-state index is 13.2. The van der Waals surface area contributed by atoms with Gasteiger partial charge in [-0.2, -0.15) is 5.10 Å². The number of nitrogens with zero attached hydrogens (tertiary/aromatic N) is 4. The molecule has 4 rings (SSSR count). The minimum absolute atomic E-state index is 0.289. The van der Waals surface area contributed by atoms with E-state index in [9.17, 15) is 9.18 Å². The maximum absolute atomic E-state index is 13.2. The lowest BCUT2D eigenvalue weighted by molar-refractivity contribution is -0.120. The van der Waals surface area contributed by atoms with Crippen LogP contribution < -0.4 is 15.5 Å². The van der Waals surface area contributed by atoms with Crippen LogP contribution in [0.4, 0.5) is 10.1 Å². The Hall–Kier alpha value is -4.18. The minimum atomic E-state index is -0.508. The first-order chi connectivity index (χ1) is 18.0. The lowest BCUT2D eigenvalue weighted by Gasteiger charge is -2.14. The first-order valence-corrected chi connectivity index (χ1v) is 12.5. The van der Waals surface area contributed by atoms with Crippen LogP contribution in [0, 0.1) is 5.82 Å². The van der Waals surface area contributed by atoms with Crippen LogP contribution in [-0.2, 0) is 11.3 Å². The molecule has 1 aromatic heterocycles. The van der Waals surface area contributed by atoms with E-state index in [4.69, 9.17) is 4.74 Å². The molecule has 190 valence electrons. The summed E-state index contributed by atoms with van der Waals surface area (Å²) in [5.74, 6) is 0.787. The number of hydrogen-bond donors (Lipinski definition) is 2. The molecule has 10 heteroatoms. The van der Waals surface area contributed by atoms with Crippen molar-refractivity contribution in [1.82, 2.24) is 20.2 Å². The number of anilines is 1. The van der Waals surface area contributed by atoms with E-state index in [2.05, 4.69) is 26.0 Å². The average molecular weight is 519 g/mol. The summed E-state index contributed by atoms with van der Waals surface area (Å²) < 4.78 is 20.5. The smallest absolute Gasteiger partial charge is 0.253 e. The SMILES string of the molecule is COc1ccccc1NCc1nnc(S[C@H](C)C(=O)NN=C(C)c2ccc(F)cc2)n1-c1ccccc1. The van der Waals surface area contributed by atoms with Crippen molar-refractivity contribution >= 4 is 29.1 Å². The van der Waals surface area contributed by atoms with E-state index in [0.717, 1.165) is 22.7 Å². The largest absolute Gasteiger partial charge is 0.495 e. The fraction of sp³-hybridized carbons (Fsp3) is 0.185. The zero-order valence-electron chi connectivity index (χ0n) is 20.7. The fourth-order valence-corrected chi connectivity index (χ4v) is 4.37. The van der Waals surface area contributed by atoms with Gasteiger partial charge in [0.1, 0.15) is 11.6 Å². The van der Waals surface area contributed by atoms with Gasteiger partial charge in [0.25, 0.3) is 5.91 Å². The summed E-state index contributed by atoms with van der Waals surface area (Å²) in [5, 5.41) is 16.4. The third-order valence-corrected chi connectivity index (χ3v) is 6.55. The molecule has 0 aliphatic heterocycles. The molecule has 3 aromatic carbocycles. The van der Waals surface area contributed by atoms with Gasteiger partial charge in [-0.05, 0) is 55.8 Å². The lowest BCUT2D eigenvalue weighted by atomic mass is 10.1. The van der Waals surface area contributed by atoms with Crippen LogP contribution in [0.2, 0.25) is 0 Å². The van der Waals surface area contributed by atoms with Gasteiger partial charge in [-0.1, -0.05) is 54.2 Å². The summed E-state index contributed by atoms with van der Waals surface area (Å²) in [4.78, 5) is 12.8. The molecule has 0 bridgehead atoms. The van der Waals surface area contributed by atoms with Gasteiger partial charge >= 0.3 is 0 Å². The zero-order valence-corrected chi connectivity index (χ0v) is 21.5. The molecule has 4 aromatic rings. The van der Waals surface area contributed by atoms with Crippen LogP contribution in [0.1, 0.15) is 25.2 Å². The Bertz CT molecular complexity index is 1380.